The molecule has 2 rings (SSSR count). The molecule has 0 saturated carbocycles. The van der Waals surface area contributed by atoms with Gasteiger partial charge >= 0.3 is 11.8 Å². The second kappa shape index (κ2) is 8.74. The fraction of sp³-hybridized carbons (Fsp3) is 0.667. The third kappa shape index (κ3) is 6.39. The van der Waals surface area contributed by atoms with Gasteiger partial charge in [0.1, 0.15) is 23.6 Å². The van der Waals surface area contributed by atoms with E-state index in [1.807, 2.05) is 0 Å². The molecule has 1 heterocycles. The van der Waals surface area contributed by atoms with Crippen molar-refractivity contribution in [1.82, 2.24) is 4.90 Å². The van der Waals surface area contributed by atoms with Gasteiger partial charge in [-0.25, -0.2) is 9.18 Å². The highest BCUT2D eigenvalue weighted by molar-refractivity contribution is 6.74. The largest absolute Gasteiger partial charge is 0.479 e. The van der Waals surface area contributed by atoms with E-state index in [2.05, 4.69) is 33.9 Å². The molecule has 1 saturated heterocycles. The summed E-state index contributed by atoms with van der Waals surface area (Å²) in [7, 11) is -2.25. The standard InChI is InChI=1S/C21H33FN2O6Si/c1-20(2,3)29-19(25)23-12-17(18(13-23)30-31(7,8)21(4,5)6)28-16-11-14(22)9-10-15(16)24(26)27/h9-11,17-18H,12-13H2,1-8H3/t17-,18-/m1/s1. The Labute approximate surface area is 183 Å². The lowest BCUT2D eigenvalue weighted by Crippen LogP contribution is -2.48. The smallest absolute Gasteiger partial charge is 0.410 e. The van der Waals surface area contributed by atoms with Crippen LogP contribution in [0.4, 0.5) is 14.9 Å². The molecule has 8 nitrogen and oxygen atoms in total. The van der Waals surface area contributed by atoms with Gasteiger partial charge in [0.15, 0.2) is 14.1 Å². The van der Waals surface area contributed by atoms with Crippen LogP contribution in [0, 0.1) is 15.9 Å². The van der Waals surface area contributed by atoms with Crippen molar-refractivity contribution in [3.8, 4) is 5.75 Å². The molecule has 31 heavy (non-hydrogen) atoms. The second-order valence-corrected chi connectivity index (χ2v) is 15.1. The average Bonchev–Trinajstić information content (AvgIpc) is 2.94. The molecule has 1 fully saturated rings. The van der Waals surface area contributed by atoms with Gasteiger partial charge in [0.05, 0.1) is 18.0 Å². The van der Waals surface area contributed by atoms with Crippen molar-refractivity contribution in [3.05, 3.63) is 34.1 Å². The number of nitro groups is 1. The molecular formula is C21H33FN2O6Si. The maximum absolute atomic E-state index is 13.8. The Morgan fingerprint density at radius 3 is 2.26 bits per heavy atom. The molecule has 0 N–H and O–H groups in total. The van der Waals surface area contributed by atoms with Crippen molar-refractivity contribution in [2.45, 2.75) is 77.5 Å². The van der Waals surface area contributed by atoms with E-state index in [1.165, 1.54) is 4.90 Å². The fourth-order valence-corrected chi connectivity index (χ4v) is 4.23. The van der Waals surface area contributed by atoms with Crippen LogP contribution in [0.2, 0.25) is 18.1 Å². The zero-order valence-corrected chi connectivity index (χ0v) is 20.5. The minimum absolute atomic E-state index is 0.0955. The van der Waals surface area contributed by atoms with E-state index < -0.39 is 43.0 Å². The summed E-state index contributed by atoms with van der Waals surface area (Å²) in [5, 5.41) is 11.3. The van der Waals surface area contributed by atoms with Gasteiger partial charge in [0.2, 0.25) is 0 Å². The highest BCUT2D eigenvalue weighted by Gasteiger charge is 2.46. The Bertz CT molecular complexity index is 834. The van der Waals surface area contributed by atoms with Crippen LogP contribution in [0.25, 0.3) is 0 Å². The summed E-state index contributed by atoms with van der Waals surface area (Å²) in [6.45, 7) is 16.1. The number of nitro benzene ring substituents is 1. The van der Waals surface area contributed by atoms with Crippen LogP contribution in [-0.4, -0.2) is 55.1 Å². The van der Waals surface area contributed by atoms with Gasteiger partial charge in [-0.15, -0.1) is 0 Å². The molecule has 0 aromatic heterocycles. The van der Waals surface area contributed by atoms with Gasteiger partial charge in [-0.1, -0.05) is 20.8 Å². The second-order valence-electron chi connectivity index (χ2n) is 10.3. The Morgan fingerprint density at radius 1 is 1.16 bits per heavy atom. The van der Waals surface area contributed by atoms with Crippen molar-refractivity contribution in [2.75, 3.05) is 13.1 Å². The monoisotopic (exact) mass is 456 g/mol. The number of nitrogens with zero attached hydrogens (tertiary/aromatic N) is 2. The predicted molar refractivity (Wildman–Crippen MR) is 117 cm³/mol. The van der Waals surface area contributed by atoms with Crippen LogP contribution < -0.4 is 4.74 Å². The SMILES string of the molecule is CC(C)(C)OC(=O)N1C[C@@H](Oc2cc(F)ccc2[N+](=O)[O-])[C@H](O[Si](C)(C)C(C)(C)C)C1. The maximum Gasteiger partial charge on any atom is 0.410 e. The Hall–Kier alpha value is -2.20. The molecule has 0 unspecified atom stereocenters. The van der Waals surface area contributed by atoms with Crippen molar-refractivity contribution < 1.29 is 28.0 Å². The van der Waals surface area contributed by atoms with Gasteiger partial charge in [-0.05, 0) is 45.0 Å². The van der Waals surface area contributed by atoms with Crippen LogP contribution in [0.5, 0.6) is 5.75 Å². The molecule has 0 bridgehead atoms. The first-order valence-electron chi connectivity index (χ1n) is 10.3. The molecule has 1 aliphatic rings. The number of hydrogen-bond donors (Lipinski definition) is 0. The van der Waals surface area contributed by atoms with Gasteiger partial charge in [0, 0.05) is 12.1 Å². The molecule has 1 aromatic carbocycles. The van der Waals surface area contributed by atoms with Gasteiger partial charge in [0.25, 0.3) is 0 Å². The molecule has 1 aromatic rings. The summed E-state index contributed by atoms with van der Waals surface area (Å²) < 4.78 is 31.6. The van der Waals surface area contributed by atoms with Crippen molar-refractivity contribution in [2.24, 2.45) is 0 Å². The summed E-state index contributed by atoms with van der Waals surface area (Å²) in [4.78, 5) is 24.8. The molecule has 10 heteroatoms. The van der Waals surface area contributed by atoms with Crippen LogP contribution >= 0.6 is 0 Å². The predicted octanol–water partition coefficient (Wildman–Crippen LogP) is 5.12. The van der Waals surface area contributed by atoms with E-state index in [1.54, 1.807) is 20.8 Å². The minimum Gasteiger partial charge on any atom is -0.479 e. The highest BCUT2D eigenvalue weighted by atomic mass is 28.4. The normalized spacial score (nSPS) is 20.0. The zero-order chi connectivity index (χ0) is 23.8. The number of carbonyl (C=O) groups excluding carboxylic acids is 1. The molecule has 174 valence electrons. The summed E-state index contributed by atoms with van der Waals surface area (Å²) in [6, 6.07) is 3.06. The van der Waals surface area contributed by atoms with E-state index in [9.17, 15) is 19.3 Å². The van der Waals surface area contributed by atoms with Crippen molar-refractivity contribution in [3.63, 3.8) is 0 Å². The van der Waals surface area contributed by atoms with Crippen LogP contribution in [-0.2, 0) is 9.16 Å². The molecule has 0 aliphatic carbocycles. The maximum atomic E-state index is 13.8. The van der Waals surface area contributed by atoms with Crippen molar-refractivity contribution in [1.29, 1.82) is 0 Å². The molecule has 1 aliphatic heterocycles. The number of carbonyl (C=O) groups is 1. The lowest BCUT2D eigenvalue weighted by atomic mass is 10.2. The average molecular weight is 457 g/mol. The lowest BCUT2D eigenvalue weighted by molar-refractivity contribution is -0.386. The first-order chi connectivity index (χ1) is 14.0. The van der Waals surface area contributed by atoms with E-state index >= 15 is 0 Å². The van der Waals surface area contributed by atoms with E-state index in [4.69, 9.17) is 13.9 Å². The summed E-state index contributed by atoms with van der Waals surface area (Å²) in [5.74, 6) is -0.839. The first-order valence-corrected chi connectivity index (χ1v) is 13.2. The third-order valence-electron chi connectivity index (χ3n) is 5.52. The lowest BCUT2D eigenvalue weighted by Gasteiger charge is -2.39. The number of halogens is 1. The number of ether oxygens (including phenoxy) is 2. The summed E-state index contributed by atoms with van der Waals surface area (Å²) >= 11 is 0. The zero-order valence-electron chi connectivity index (χ0n) is 19.5. The number of rotatable bonds is 5. The summed E-state index contributed by atoms with van der Waals surface area (Å²) in [6.07, 6.45) is -1.76. The Kier molecular flexibility index (Phi) is 7.06. The first kappa shape index (κ1) is 25.1. The highest BCUT2D eigenvalue weighted by Crippen LogP contribution is 2.39. The Morgan fingerprint density at radius 2 is 1.74 bits per heavy atom. The van der Waals surface area contributed by atoms with Crippen molar-refractivity contribution >= 4 is 20.1 Å². The van der Waals surface area contributed by atoms with E-state index in [-0.39, 0.29) is 29.6 Å². The van der Waals surface area contributed by atoms with Crippen LogP contribution in [0.3, 0.4) is 0 Å². The Balaban J connectivity index is 2.33. The molecule has 0 radical (unpaired) electrons. The number of benzene rings is 1. The van der Waals surface area contributed by atoms with Gasteiger partial charge in [-0.2, -0.15) is 0 Å². The molecule has 0 spiro atoms. The number of hydrogen-bond acceptors (Lipinski definition) is 6. The third-order valence-corrected chi connectivity index (χ3v) is 10.0. The van der Waals surface area contributed by atoms with E-state index in [0.717, 1.165) is 18.2 Å². The topological polar surface area (TPSA) is 91.1 Å². The number of amides is 1. The minimum atomic E-state index is -2.25. The van der Waals surface area contributed by atoms with Gasteiger partial charge in [-0.3, -0.25) is 10.1 Å². The number of likely N-dealkylation sites (tertiary alicyclic amines) is 1. The van der Waals surface area contributed by atoms with Gasteiger partial charge < -0.3 is 18.8 Å². The quantitative estimate of drug-likeness (QED) is 0.347. The fourth-order valence-electron chi connectivity index (χ4n) is 2.90. The van der Waals surface area contributed by atoms with Crippen LogP contribution in [0.15, 0.2) is 18.2 Å². The molecular weight excluding hydrogens is 423 g/mol. The van der Waals surface area contributed by atoms with Crippen LogP contribution in [0.1, 0.15) is 41.5 Å². The van der Waals surface area contributed by atoms with E-state index in [0.29, 0.717) is 0 Å². The summed E-state index contributed by atoms with van der Waals surface area (Å²) in [5.41, 5.74) is -1.02. The molecule has 1 amide bonds. The molecule has 2 atom stereocenters.